The van der Waals surface area contributed by atoms with E-state index in [0.29, 0.717) is 35.0 Å². The molecule has 0 amide bonds. The van der Waals surface area contributed by atoms with Crippen molar-refractivity contribution in [1.82, 2.24) is 9.55 Å². The standard InChI is InChI=1S/C72H64N4O/c1-70(2,3)54-36-39-73-68(44-54)76-64-29-15-14-26-60(64)61-34-33-57(46-67(61)76)77-56-25-18-24-55(45-56)74-47-75(66-31-17-16-30-65(66)74)69-58(50-32-35-62-63(43-50)72(6,7)38-37-71(62,4)5)27-19-28-59(69)53-41-51(48-20-10-8-11-21-48)40-52(42-53)49-22-12-9-13-23-49/h8-36,39-46H,37-38,47H2,1-7H3/i8D,10D,11D,20D,21D,40D,41D,42D. The van der Waals surface area contributed by atoms with Crippen molar-refractivity contribution >= 4 is 44.6 Å². The number of para-hydroxylation sites is 4. The molecule has 1 aliphatic carbocycles. The van der Waals surface area contributed by atoms with Gasteiger partial charge < -0.3 is 14.5 Å². The van der Waals surface area contributed by atoms with Gasteiger partial charge >= 0.3 is 0 Å². The normalized spacial score (nSPS) is 16.1. The Kier molecular flexibility index (Phi) is 9.57. The number of nitrogens with zero attached hydrogens (tertiary/aromatic N) is 4. The van der Waals surface area contributed by atoms with E-state index in [2.05, 4.69) is 154 Å². The number of fused-ring (bicyclic) bond motifs is 5. The van der Waals surface area contributed by atoms with E-state index in [4.69, 9.17) is 13.8 Å². The smallest absolute Gasteiger partial charge is 0.137 e. The van der Waals surface area contributed by atoms with Gasteiger partial charge in [-0.1, -0.05) is 182 Å². The first-order valence-electron chi connectivity index (χ1n) is 30.6. The van der Waals surface area contributed by atoms with Gasteiger partial charge in [0.05, 0.1) is 39.1 Å². The lowest BCUT2D eigenvalue weighted by molar-refractivity contribution is 0.332. The third-order valence-electron chi connectivity index (χ3n) is 15.9. The van der Waals surface area contributed by atoms with E-state index in [1.807, 2.05) is 72.9 Å². The second-order valence-corrected chi connectivity index (χ2v) is 22.9. The van der Waals surface area contributed by atoms with E-state index in [-0.39, 0.29) is 56.6 Å². The lowest BCUT2D eigenvalue weighted by Gasteiger charge is -2.42. The Morgan fingerprint density at radius 3 is 1.94 bits per heavy atom. The van der Waals surface area contributed by atoms with Gasteiger partial charge in [-0.05, 0) is 152 Å². The molecule has 11 aromatic rings. The molecule has 0 spiro atoms. The van der Waals surface area contributed by atoms with Crippen LogP contribution in [0.1, 0.15) is 89.0 Å². The minimum Gasteiger partial charge on any atom is -0.457 e. The van der Waals surface area contributed by atoms with E-state index in [0.717, 1.165) is 68.7 Å². The van der Waals surface area contributed by atoms with E-state index in [1.165, 1.54) is 16.7 Å². The summed E-state index contributed by atoms with van der Waals surface area (Å²) in [7, 11) is 0. The molecule has 2 aromatic heterocycles. The van der Waals surface area contributed by atoms with Crippen LogP contribution in [0.15, 0.2) is 224 Å². The highest BCUT2D eigenvalue weighted by Gasteiger charge is 2.38. The summed E-state index contributed by atoms with van der Waals surface area (Å²) in [4.78, 5) is 9.37. The van der Waals surface area contributed by atoms with Gasteiger partial charge in [0.1, 0.15) is 24.0 Å². The van der Waals surface area contributed by atoms with E-state index in [1.54, 1.807) is 12.1 Å². The number of anilines is 4. The molecule has 0 fully saturated rings. The number of hydrogen-bond donors (Lipinski definition) is 0. The van der Waals surface area contributed by atoms with Crippen molar-refractivity contribution in [3.8, 4) is 61.8 Å². The van der Waals surface area contributed by atoms with Crippen molar-refractivity contribution in [2.45, 2.75) is 77.6 Å². The SMILES string of the molecule is [2H]c1c([2H])c([2H])c(-c2c([2H])c(-c3ccccc3)c([2H])c(-c3cccc(-c4ccc5c(c4)C(C)(C)CCC5(C)C)c3N3CN(c4cccc(Oc5ccc6c7ccccc7n(-c7cc(C(C)(C)C)ccn7)c6c5)c4)c4ccccc43)c2[2H])c([2H])c1[2H]. The average Bonchev–Trinajstić information content (AvgIpc) is 2.00. The van der Waals surface area contributed by atoms with Crippen molar-refractivity contribution < 1.29 is 15.7 Å². The van der Waals surface area contributed by atoms with Crippen LogP contribution in [0, 0.1) is 0 Å². The molecular weight excluding hydrogens is 937 g/mol. The minimum absolute atomic E-state index is 0.0462. The second-order valence-electron chi connectivity index (χ2n) is 22.9. The Hall–Kier alpha value is -8.67. The van der Waals surface area contributed by atoms with Crippen LogP contribution in [-0.2, 0) is 16.2 Å². The summed E-state index contributed by atoms with van der Waals surface area (Å²) in [6.45, 7) is 16.2. The van der Waals surface area contributed by atoms with Crippen LogP contribution in [0.25, 0.3) is 72.1 Å². The molecule has 0 saturated carbocycles. The van der Waals surface area contributed by atoms with Gasteiger partial charge in [0.15, 0.2) is 0 Å². The molecule has 13 rings (SSSR count). The Bertz CT molecular complexity index is 4520. The quantitative estimate of drug-likeness (QED) is 0.144. The highest BCUT2D eigenvalue weighted by atomic mass is 16.5. The van der Waals surface area contributed by atoms with E-state index >= 15 is 0 Å². The summed E-state index contributed by atoms with van der Waals surface area (Å²) < 4.78 is 83.8. The van der Waals surface area contributed by atoms with Gasteiger partial charge in [-0.15, -0.1) is 0 Å². The van der Waals surface area contributed by atoms with Crippen molar-refractivity contribution in [2.24, 2.45) is 0 Å². The summed E-state index contributed by atoms with van der Waals surface area (Å²) in [6.07, 6.45) is 3.95. The predicted octanol–water partition coefficient (Wildman–Crippen LogP) is 19.5. The van der Waals surface area contributed by atoms with Crippen LogP contribution >= 0.6 is 0 Å². The molecule has 77 heavy (non-hydrogen) atoms. The number of rotatable bonds is 9. The number of ether oxygens (including phenoxy) is 1. The lowest BCUT2D eigenvalue weighted by Crippen LogP contribution is -2.33. The zero-order valence-corrected chi connectivity index (χ0v) is 44.6. The largest absolute Gasteiger partial charge is 0.457 e. The van der Waals surface area contributed by atoms with Gasteiger partial charge in [0.25, 0.3) is 0 Å². The third kappa shape index (κ3) is 8.64. The van der Waals surface area contributed by atoms with Crippen LogP contribution in [0.2, 0.25) is 0 Å². The van der Waals surface area contributed by atoms with Crippen LogP contribution in [-0.4, -0.2) is 16.2 Å². The molecule has 0 radical (unpaired) electrons. The maximum absolute atomic E-state index is 10.3. The van der Waals surface area contributed by atoms with Gasteiger partial charge in [-0.25, -0.2) is 4.98 Å². The molecule has 2 aliphatic rings. The molecule has 9 aromatic carbocycles. The van der Waals surface area contributed by atoms with Gasteiger partial charge in [-0.3, -0.25) is 4.57 Å². The van der Waals surface area contributed by atoms with Crippen LogP contribution in [0.4, 0.5) is 22.7 Å². The molecule has 0 N–H and O–H groups in total. The zero-order chi connectivity index (χ0) is 59.6. The Balaban J connectivity index is 0.987. The molecule has 0 bridgehead atoms. The molecule has 1 aliphatic heterocycles. The molecule has 0 saturated heterocycles. The maximum atomic E-state index is 10.3. The number of aromatic nitrogens is 2. The first-order valence-corrected chi connectivity index (χ1v) is 26.6. The summed E-state index contributed by atoms with van der Waals surface area (Å²) in [5.74, 6) is 2.12. The number of hydrogen-bond acceptors (Lipinski definition) is 4. The maximum Gasteiger partial charge on any atom is 0.137 e. The number of benzene rings is 9. The number of pyridine rings is 1. The molecule has 0 atom stereocenters. The van der Waals surface area contributed by atoms with Crippen molar-refractivity contribution in [2.75, 3.05) is 16.5 Å². The first kappa shape index (κ1) is 39.7. The molecule has 3 heterocycles. The second kappa shape index (κ2) is 18.6. The minimum atomic E-state index is -0.573. The topological polar surface area (TPSA) is 33.5 Å². The molecule has 378 valence electrons. The van der Waals surface area contributed by atoms with Gasteiger partial charge in [0.2, 0.25) is 0 Å². The van der Waals surface area contributed by atoms with Gasteiger partial charge in [0, 0.05) is 45.9 Å². The van der Waals surface area contributed by atoms with Crippen molar-refractivity contribution in [3.05, 3.63) is 241 Å². The Morgan fingerprint density at radius 1 is 0.506 bits per heavy atom. The molecule has 0 unspecified atom stereocenters. The predicted molar refractivity (Wildman–Crippen MR) is 323 cm³/mol. The zero-order valence-electron chi connectivity index (χ0n) is 52.6. The summed E-state index contributed by atoms with van der Waals surface area (Å²) in [6, 6.07) is 53.5. The summed E-state index contributed by atoms with van der Waals surface area (Å²) in [5.41, 5.74) is 11.6. The van der Waals surface area contributed by atoms with E-state index in [9.17, 15) is 6.85 Å². The lowest BCUT2D eigenvalue weighted by atomic mass is 9.63. The fourth-order valence-electron chi connectivity index (χ4n) is 11.6. The Morgan fingerprint density at radius 2 is 1.16 bits per heavy atom. The average molecular weight is 1010 g/mol. The summed E-state index contributed by atoms with van der Waals surface area (Å²) in [5, 5.41) is 2.20. The van der Waals surface area contributed by atoms with Crippen LogP contribution < -0.4 is 14.5 Å². The fourth-order valence-corrected chi connectivity index (χ4v) is 11.6. The Labute approximate surface area is 464 Å². The molecular formula is C72H64N4O. The van der Waals surface area contributed by atoms with E-state index < -0.39 is 30.2 Å². The monoisotopic (exact) mass is 1010 g/mol. The van der Waals surface area contributed by atoms with Crippen molar-refractivity contribution in [1.29, 1.82) is 0 Å². The molecule has 5 heteroatoms. The van der Waals surface area contributed by atoms with Gasteiger partial charge in [-0.2, -0.15) is 0 Å². The fraction of sp³-hybridized carbons (Fsp3) is 0.181. The summed E-state index contributed by atoms with van der Waals surface area (Å²) >= 11 is 0. The first-order chi connectivity index (χ1) is 40.6. The van der Waals surface area contributed by atoms with Crippen LogP contribution in [0.3, 0.4) is 0 Å². The highest BCUT2D eigenvalue weighted by molar-refractivity contribution is 6.09. The van der Waals surface area contributed by atoms with Crippen LogP contribution in [0.5, 0.6) is 11.5 Å². The third-order valence-corrected chi connectivity index (χ3v) is 15.9. The molecule has 5 nitrogen and oxygen atoms in total. The highest BCUT2D eigenvalue weighted by Crippen LogP contribution is 2.53. The van der Waals surface area contributed by atoms with Crippen molar-refractivity contribution in [3.63, 3.8) is 0 Å².